The van der Waals surface area contributed by atoms with Gasteiger partial charge in [0.1, 0.15) is 11.8 Å². The second-order valence-corrected chi connectivity index (χ2v) is 9.47. The van der Waals surface area contributed by atoms with Gasteiger partial charge in [-0.2, -0.15) is 0 Å². The van der Waals surface area contributed by atoms with Gasteiger partial charge in [-0.3, -0.25) is 19.3 Å². The number of carboxylic acids is 1. The summed E-state index contributed by atoms with van der Waals surface area (Å²) in [4.78, 5) is 68.6. The van der Waals surface area contributed by atoms with Crippen LogP contribution in [0.25, 0.3) is 0 Å². The fourth-order valence-corrected chi connectivity index (χ4v) is 4.92. The molecule has 0 radical (unpaired) electrons. The summed E-state index contributed by atoms with van der Waals surface area (Å²) in [5.41, 5.74) is 6.27. The van der Waals surface area contributed by atoms with E-state index >= 15 is 0 Å². The van der Waals surface area contributed by atoms with Gasteiger partial charge in [-0.15, -0.1) is 11.3 Å². The lowest BCUT2D eigenvalue weighted by Crippen LogP contribution is -2.58. The summed E-state index contributed by atoms with van der Waals surface area (Å²) >= 11 is 1.05. The number of nitrogens with zero attached hydrogens (tertiary/aromatic N) is 3. The molecule has 13 nitrogen and oxygen atoms in total. The number of aromatic carboxylic acids is 1. The number of para-hydroxylation sites is 1. The standard InChI is InChI=1S/C22H24BN5O8S/c1-2-27-6-7-28(19(31)18(27)30)22(34)26-16(14-10-37-21(24)25-14)15(29)9-12-8-11-4-3-5-13(20(32)33)17(11)36-23(12)35/h3-5,10,12,16,35H,2,6-9H2,1H3,(H2,24,25)(H,26,34)(H,32,33)/t12-,16?/m0/s1. The number of hydrogen-bond acceptors (Lipinski definition) is 10. The minimum Gasteiger partial charge on any atom is -0.535 e. The molecule has 37 heavy (non-hydrogen) atoms. The van der Waals surface area contributed by atoms with Crippen molar-refractivity contribution in [2.45, 2.75) is 31.6 Å². The number of aromatic nitrogens is 1. The first-order valence-corrected chi connectivity index (χ1v) is 12.3. The number of urea groups is 1. The number of carbonyl (C=O) groups is 5. The predicted molar refractivity (Wildman–Crippen MR) is 131 cm³/mol. The van der Waals surface area contributed by atoms with Gasteiger partial charge in [0.25, 0.3) is 0 Å². The number of imide groups is 1. The summed E-state index contributed by atoms with van der Waals surface area (Å²) in [5.74, 6) is -4.29. The Hall–Kier alpha value is -3.98. The third-order valence-electron chi connectivity index (χ3n) is 6.28. The Morgan fingerprint density at radius 2 is 2.05 bits per heavy atom. The summed E-state index contributed by atoms with van der Waals surface area (Å²) in [6.07, 6.45) is -0.119. The zero-order valence-corrected chi connectivity index (χ0v) is 20.6. The molecule has 2 aromatic rings. The first kappa shape index (κ1) is 26.1. The van der Waals surface area contributed by atoms with Gasteiger partial charge in [-0.05, 0) is 25.0 Å². The summed E-state index contributed by atoms with van der Waals surface area (Å²) in [6.45, 7) is 2.16. The smallest absolute Gasteiger partial charge is 0.526 e. The minimum atomic E-state index is -1.48. The van der Waals surface area contributed by atoms with E-state index < -0.39 is 48.6 Å². The number of carbonyl (C=O) groups excluding carboxylic acids is 4. The number of fused-ring (bicyclic) bond motifs is 1. The highest BCUT2D eigenvalue weighted by molar-refractivity contribution is 7.13. The van der Waals surface area contributed by atoms with E-state index in [2.05, 4.69) is 10.3 Å². The van der Waals surface area contributed by atoms with Crippen LogP contribution >= 0.6 is 11.3 Å². The van der Waals surface area contributed by atoms with Crippen LogP contribution in [0, 0.1) is 0 Å². The molecule has 1 aromatic carbocycles. The highest BCUT2D eigenvalue weighted by Crippen LogP contribution is 2.37. The van der Waals surface area contributed by atoms with Crippen molar-refractivity contribution < 1.29 is 38.8 Å². The zero-order chi connectivity index (χ0) is 26.9. The number of thiazole rings is 1. The number of amides is 4. The third-order valence-corrected chi connectivity index (χ3v) is 6.97. The second kappa shape index (κ2) is 10.6. The Balaban J connectivity index is 1.52. The van der Waals surface area contributed by atoms with E-state index in [1.54, 1.807) is 19.1 Å². The lowest BCUT2D eigenvalue weighted by Gasteiger charge is -2.33. The van der Waals surface area contributed by atoms with Crippen molar-refractivity contribution in [3.8, 4) is 5.75 Å². The predicted octanol–water partition coefficient (Wildman–Crippen LogP) is 0.310. The Labute approximate surface area is 215 Å². The molecule has 4 rings (SSSR count). The number of benzene rings is 1. The molecule has 1 fully saturated rings. The van der Waals surface area contributed by atoms with Gasteiger partial charge in [-0.1, -0.05) is 12.1 Å². The number of ketones is 1. The van der Waals surface area contributed by atoms with E-state index in [1.165, 1.54) is 16.3 Å². The van der Waals surface area contributed by atoms with Crippen LogP contribution < -0.4 is 15.7 Å². The number of rotatable bonds is 7. The lowest BCUT2D eigenvalue weighted by molar-refractivity contribution is -0.153. The zero-order valence-electron chi connectivity index (χ0n) is 19.7. The fraction of sp³-hybridized carbons (Fsp3) is 0.364. The van der Waals surface area contributed by atoms with Crippen molar-refractivity contribution in [1.29, 1.82) is 0 Å². The molecule has 1 aromatic heterocycles. The molecule has 1 saturated heterocycles. The van der Waals surface area contributed by atoms with Crippen molar-refractivity contribution in [3.63, 3.8) is 0 Å². The maximum atomic E-state index is 13.4. The maximum Gasteiger partial charge on any atom is 0.526 e. The summed E-state index contributed by atoms with van der Waals surface area (Å²) < 4.78 is 5.46. The third kappa shape index (κ3) is 5.27. The molecule has 2 aliphatic rings. The molecule has 194 valence electrons. The summed E-state index contributed by atoms with van der Waals surface area (Å²) in [5, 5.41) is 24.0. The first-order valence-electron chi connectivity index (χ1n) is 11.5. The van der Waals surface area contributed by atoms with Crippen LogP contribution in [0.15, 0.2) is 23.6 Å². The van der Waals surface area contributed by atoms with Crippen molar-refractivity contribution in [1.82, 2.24) is 20.1 Å². The normalized spacial score (nSPS) is 18.2. The van der Waals surface area contributed by atoms with Crippen LogP contribution in [-0.4, -0.2) is 81.3 Å². The van der Waals surface area contributed by atoms with E-state index in [0.717, 1.165) is 16.2 Å². The molecule has 2 atom stereocenters. The molecular formula is C22H24BN5O8S. The molecule has 0 spiro atoms. The number of hydrogen-bond donors (Lipinski definition) is 4. The average molecular weight is 529 g/mol. The van der Waals surface area contributed by atoms with Crippen LogP contribution in [0.4, 0.5) is 9.93 Å². The maximum absolute atomic E-state index is 13.4. The molecule has 2 aliphatic heterocycles. The Kier molecular flexibility index (Phi) is 7.45. The molecule has 4 amide bonds. The molecule has 5 N–H and O–H groups in total. The molecular weight excluding hydrogens is 505 g/mol. The number of nitrogens with one attached hydrogen (secondary N) is 1. The number of Topliss-reactive ketones (excluding diaryl/α,β-unsaturated/α-hetero) is 1. The van der Waals surface area contributed by atoms with E-state index in [1.807, 2.05) is 0 Å². The number of carboxylic acid groups (broad SMARTS) is 1. The summed E-state index contributed by atoms with van der Waals surface area (Å²) in [7, 11) is -1.48. The fourth-order valence-electron chi connectivity index (χ4n) is 4.33. The van der Waals surface area contributed by atoms with Crippen molar-refractivity contribution in [3.05, 3.63) is 40.4 Å². The van der Waals surface area contributed by atoms with Crippen LogP contribution in [0.3, 0.4) is 0 Å². The highest BCUT2D eigenvalue weighted by Gasteiger charge is 2.41. The molecule has 15 heteroatoms. The SMILES string of the molecule is CCN1CCN(C(=O)NC(C(=O)C[C@@H]2Cc3cccc(C(=O)O)c3OB2O)c2csc(N)n2)C(=O)C1=O. The van der Waals surface area contributed by atoms with E-state index in [0.29, 0.717) is 12.1 Å². The van der Waals surface area contributed by atoms with Crippen LogP contribution in [0.1, 0.15) is 41.0 Å². The van der Waals surface area contributed by atoms with Crippen molar-refractivity contribution >= 4 is 53.2 Å². The quantitative estimate of drug-likeness (QED) is 0.287. The topological polar surface area (TPSA) is 192 Å². The van der Waals surface area contributed by atoms with Crippen LogP contribution in [-0.2, 0) is 20.8 Å². The van der Waals surface area contributed by atoms with Crippen LogP contribution in [0.5, 0.6) is 5.75 Å². The minimum absolute atomic E-state index is 0.0394. The Morgan fingerprint density at radius 3 is 2.70 bits per heavy atom. The molecule has 0 saturated carbocycles. The average Bonchev–Trinajstić information content (AvgIpc) is 3.29. The van der Waals surface area contributed by atoms with E-state index in [4.69, 9.17) is 10.4 Å². The van der Waals surface area contributed by atoms with Gasteiger partial charge in [0, 0.05) is 37.3 Å². The van der Waals surface area contributed by atoms with Crippen molar-refractivity contribution in [2.24, 2.45) is 0 Å². The van der Waals surface area contributed by atoms with Gasteiger partial charge in [0.15, 0.2) is 10.9 Å². The molecule has 1 unspecified atom stereocenters. The number of anilines is 1. The summed E-state index contributed by atoms with van der Waals surface area (Å²) in [6, 6.07) is 2.29. The Morgan fingerprint density at radius 1 is 1.30 bits per heavy atom. The van der Waals surface area contributed by atoms with Gasteiger partial charge < -0.3 is 30.7 Å². The second-order valence-electron chi connectivity index (χ2n) is 8.58. The highest BCUT2D eigenvalue weighted by atomic mass is 32.1. The molecule has 3 heterocycles. The van der Waals surface area contributed by atoms with Crippen molar-refractivity contribution in [2.75, 3.05) is 25.4 Å². The van der Waals surface area contributed by atoms with E-state index in [-0.39, 0.29) is 48.1 Å². The van der Waals surface area contributed by atoms with E-state index in [9.17, 15) is 34.1 Å². The lowest BCUT2D eigenvalue weighted by atomic mass is 9.64. The number of likely N-dealkylation sites (N-methyl/N-ethyl adjacent to an activating group) is 1. The number of nitrogens with two attached hydrogens (primary N) is 1. The number of nitrogen functional groups attached to an aromatic ring is 1. The van der Waals surface area contributed by atoms with Crippen LogP contribution in [0.2, 0.25) is 5.82 Å². The van der Waals surface area contributed by atoms with Gasteiger partial charge in [0.2, 0.25) is 0 Å². The Bertz CT molecular complexity index is 1270. The van der Waals surface area contributed by atoms with Gasteiger partial charge in [-0.25, -0.2) is 14.6 Å². The van der Waals surface area contributed by atoms with Gasteiger partial charge >= 0.3 is 30.9 Å². The number of piperazine rings is 1. The molecule has 0 bridgehead atoms. The monoisotopic (exact) mass is 529 g/mol. The van der Waals surface area contributed by atoms with Gasteiger partial charge in [0.05, 0.1) is 11.3 Å². The largest absolute Gasteiger partial charge is 0.535 e. The first-order chi connectivity index (χ1) is 17.6. The molecule has 0 aliphatic carbocycles.